The van der Waals surface area contributed by atoms with Gasteiger partial charge in [0, 0.05) is 11.8 Å². The number of fused-ring (bicyclic) bond motifs is 1. The average molecular weight is 386 g/mol. The number of hydrogen-bond acceptors (Lipinski definition) is 3. The van der Waals surface area contributed by atoms with Crippen molar-refractivity contribution in [2.45, 2.75) is 13.8 Å². The summed E-state index contributed by atoms with van der Waals surface area (Å²) in [6, 6.07) is 19.0. The van der Waals surface area contributed by atoms with Crippen LogP contribution in [-0.4, -0.2) is 22.5 Å². The zero-order valence-electron chi connectivity index (χ0n) is 16.6. The third-order valence-electron chi connectivity index (χ3n) is 4.66. The number of aryl methyl sites for hydroxylation is 2. The molecule has 0 fully saturated rings. The first-order chi connectivity index (χ1) is 14.0. The van der Waals surface area contributed by atoms with Crippen molar-refractivity contribution in [3.63, 3.8) is 0 Å². The topological polar surface area (TPSA) is 67.7 Å². The minimum Gasteiger partial charge on any atom is -0.495 e. The Morgan fingerprint density at radius 3 is 2.59 bits per heavy atom. The van der Waals surface area contributed by atoms with Crippen molar-refractivity contribution in [3.8, 4) is 17.0 Å². The highest BCUT2D eigenvalue weighted by Crippen LogP contribution is 2.30. The molecule has 0 atom stereocenters. The quantitative estimate of drug-likeness (QED) is 0.502. The van der Waals surface area contributed by atoms with Crippen molar-refractivity contribution in [3.05, 3.63) is 78.0 Å². The first-order valence-corrected chi connectivity index (χ1v) is 9.32. The van der Waals surface area contributed by atoms with Crippen LogP contribution in [0.5, 0.6) is 5.75 Å². The van der Waals surface area contributed by atoms with E-state index in [0.29, 0.717) is 22.9 Å². The third kappa shape index (κ3) is 3.78. The summed E-state index contributed by atoms with van der Waals surface area (Å²) in [5.74, 6) is 1.21. The normalized spacial score (nSPS) is 10.7. The molecule has 2 aromatic carbocycles. The van der Waals surface area contributed by atoms with Gasteiger partial charge in [0.25, 0.3) is 0 Å². The van der Waals surface area contributed by atoms with Crippen molar-refractivity contribution in [1.82, 2.24) is 9.38 Å². The maximum atomic E-state index is 12.8. The highest BCUT2D eigenvalue weighted by molar-refractivity contribution is 6.02. The van der Waals surface area contributed by atoms with Crippen LogP contribution in [0.15, 0.2) is 66.9 Å². The van der Waals surface area contributed by atoms with Crippen LogP contribution in [0.3, 0.4) is 0 Å². The third-order valence-corrected chi connectivity index (χ3v) is 4.66. The second kappa shape index (κ2) is 7.67. The number of ether oxygens (including phenoxy) is 1. The summed E-state index contributed by atoms with van der Waals surface area (Å²) in [5.41, 5.74) is 5.17. The van der Waals surface area contributed by atoms with Gasteiger partial charge in [-0.1, -0.05) is 35.9 Å². The van der Waals surface area contributed by atoms with E-state index >= 15 is 0 Å². The molecule has 2 N–H and O–H groups in total. The van der Waals surface area contributed by atoms with Gasteiger partial charge >= 0.3 is 6.03 Å². The highest BCUT2D eigenvalue weighted by atomic mass is 16.5. The van der Waals surface area contributed by atoms with E-state index in [0.717, 1.165) is 22.3 Å². The summed E-state index contributed by atoms with van der Waals surface area (Å²) in [7, 11) is 1.58. The Bertz CT molecular complexity index is 1200. The molecule has 4 aromatic rings. The molecule has 2 heterocycles. The summed E-state index contributed by atoms with van der Waals surface area (Å²) in [6.07, 6.45) is 1.88. The van der Waals surface area contributed by atoms with Gasteiger partial charge in [-0.15, -0.1) is 0 Å². The van der Waals surface area contributed by atoms with Gasteiger partial charge in [-0.25, -0.2) is 9.78 Å². The number of rotatable bonds is 4. The Hall–Kier alpha value is -3.80. The van der Waals surface area contributed by atoms with Crippen molar-refractivity contribution in [2.24, 2.45) is 0 Å². The summed E-state index contributed by atoms with van der Waals surface area (Å²) >= 11 is 0. The van der Waals surface area contributed by atoms with E-state index in [1.54, 1.807) is 7.11 Å². The minimum absolute atomic E-state index is 0.367. The van der Waals surface area contributed by atoms with E-state index in [2.05, 4.69) is 16.7 Å². The smallest absolute Gasteiger partial charge is 0.324 e. The number of aromatic nitrogens is 2. The molecule has 0 spiro atoms. The number of amides is 2. The van der Waals surface area contributed by atoms with E-state index in [9.17, 15) is 4.79 Å². The molecule has 146 valence electrons. The summed E-state index contributed by atoms with van der Waals surface area (Å²) in [5, 5.41) is 5.84. The molecule has 0 aliphatic rings. The fourth-order valence-corrected chi connectivity index (χ4v) is 3.29. The Morgan fingerprint density at radius 2 is 1.79 bits per heavy atom. The minimum atomic E-state index is -0.367. The van der Waals surface area contributed by atoms with Gasteiger partial charge in [0.05, 0.1) is 12.8 Å². The van der Waals surface area contributed by atoms with E-state index in [1.807, 2.05) is 79.0 Å². The number of urea groups is 1. The van der Waals surface area contributed by atoms with Crippen LogP contribution in [0.25, 0.3) is 16.9 Å². The molecular weight excluding hydrogens is 364 g/mol. The molecule has 0 unspecified atom stereocenters. The maximum Gasteiger partial charge on any atom is 0.324 e. The van der Waals surface area contributed by atoms with Gasteiger partial charge in [-0.3, -0.25) is 9.72 Å². The first kappa shape index (κ1) is 18.6. The summed E-state index contributed by atoms with van der Waals surface area (Å²) < 4.78 is 7.22. The molecule has 0 saturated heterocycles. The number of anilines is 2. The zero-order chi connectivity index (χ0) is 20.4. The number of carbonyl (C=O) groups excluding carboxylic acids is 1. The number of methoxy groups -OCH3 is 1. The lowest BCUT2D eigenvalue weighted by atomic mass is 10.1. The van der Waals surface area contributed by atoms with E-state index in [4.69, 9.17) is 9.72 Å². The standard InChI is InChI=1S/C23H22N4O2/c1-15-7-6-8-17(13-15)21-22(27-12-5-4-9-20(27)25-21)26-23(28)24-18-14-16(2)10-11-19(18)29-3/h4-14H,1-3H3,(H2,24,26,28). The number of pyridine rings is 1. The first-order valence-electron chi connectivity index (χ1n) is 9.32. The number of nitrogens with zero attached hydrogens (tertiary/aromatic N) is 2. The lowest BCUT2D eigenvalue weighted by Gasteiger charge is -2.13. The predicted molar refractivity (Wildman–Crippen MR) is 116 cm³/mol. The number of benzene rings is 2. The van der Waals surface area contributed by atoms with Gasteiger partial charge < -0.3 is 10.1 Å². The van der Waals surface area contributed by atoms with Gasteiger partial charge in [0.2, 0.25) is 0 Å². The largest absolute Gasteiger partial charge is 0.495 e. The van der Waals surface area contributed by atoms with Crippen LogP contribution in [0.4, 0.5) is 16.3 Å². The molecule has 0 radical (unpaired) electrons. The molecular formula is C23H22N4O2. The van der Waals surface area contributed by atoms with Crippen molar-refractivity contribution >= 4 is 23.2 Å². The molecule has 0 bridgehead atoms. The SMILES string of the molecule is COc1ccc(C)cc1NC(=O)Nc1c(-c2cccc(C)c2)nc2ccccn12. The second-order valence-electron chi connectivity index (χ2n) is 6.89. The van der Waals surface area contributed by atoms with Gasteiger partial charge in [-0.05, 0) is 49.7 Å². The lowest BCUT2D eigenvalue weighted by molar-refractivity contribution is 0.262. The van der Waals surface area contributed by atoms with Crippen LogP contribution >= 0.6 is 0 Å². The van der Waals surface area contributed by atoms with E-state index < -0.39 is 0 Å². The van der Waals surface area contributed by atoms with Gasteiger partial charge in [0.1, 0.15) is 22.9 Å². The van der Waals surface area contributed by atoms with Crippen LogP contribution in [0, 0.1) is 13.8 Å². The molecule has 4 rings (SSSR count). The predicted octanol–water partition coefficient (Wildman–Crippen LogP) is 5.27. The van der Waals surface area contributed by atoms with Crippen LogP contribution in [-0.2, 0) is 0 Å². The summed E-state index contributed by atoms with van der Waals surface area (Å²) in [4.78, 5) is 17.6. The fraction of sp³-hybridized carbons (Fsp3) is 0.130. The number of imidazole rings is 1. The fourth-order valence-electron chi connectivity index (χ4n) is 3.29. The Labute approximate surface area is 169 Å². The number of nitrogens with one attached hydrogen (secondary N) is 2. The molecule has 6 nitrogen and oxygen atoms in total. The van der Waals surface area contributed by atoms with Crippen LogP contribution in [0.2, 0.25) is 0 Å². The second-order valence-corrected chi connectivity index (χ2v) is 6.89. The Morgan fingerprint density at radius 1 is 0.966 bits per heavy atom. The number of carbonyl (C=O) groups is 1. The van der Waals surface area contributed by atoms with E-state index in [-0.39, 0.29) is 6.03 Å². The Kier molecular flexibility index (Phi) is 4.91. The highest BCUT2D eigenvalue weighted by Gasteiger charge is 2.17. The lowest BCUT2D eigenvalue weighted by Crippen LogP contribution is -2.21. The van der Waals surface area contributed by atoms with Crippen LogP contribution < -0.4 is 15.4 Å². The Balaban J connectivity index is 1.71. The number of hydrogen-bond donors (Lipinski definition) is 2. The molecule has 2 aromatic heterocycles. The molecule has 0 aliphatic carbocycles. The molecule has 0 saturated carbocycles. The van der Waals surface area contributed by atoms with E-state index in [1.165, 1.54) is 0 Å². The monoisotopic (exact) mass is 386 g/mol. The molecule has 2 amide bonds. The van der Waals surface area contributed by atoms with Crippen molar-refractivity contribution < 1.29 is 9.53 Å². The maximum absolute atomic E-state index is 12.8. The molecule has 29 heavy (non-hydrogen) atoms. The van der Waals surface area contributed by atoms with Gasteiger partial charge in [0.15, 0.2) is 0 Å². The van der Waals surface area contributed by atoms with Crippen molar-refractivity contribution in [2.75, 3.05) is 17.7 Å². The average Bonchev–Trinajstić information content (AvgIpc) is 3.07. The van der Waals surface area contributed by atoms with Crippen molar-refractivity contribution in [1.29, 1.82) is 0 Å². The molecule has 0 aliphatic heterocycles. The zero-order valence-corrected chi connectivity index (χ0v) is 16.6. The van der Waals surface area contributed by atoms with Crippen LogP contribution in [0.1, 0.15) is 11.1 Å². The molecule has 6 heteroatoms. The summed E-state index contributed by atoms with van der Waals surface area (Å²) in [6.45, 7) is 3.99. The van der Waals surface area contributed by atoms with Gasteiger partial charge in [-0.2, -0.15) is 0 Å².